The number of thiophene rings is 1. The minimum Gasteiger partial charge on any atom is -0.397 e. The summed E-state index contributed by atoms with van der Waals surface area (Å²) in [6, 6.07) is 7.76. The van der Waals surface area contributed by atoms with Crippen LogP contribution in [0.1, 0.15) is 4.88 Å². The molecule has 3 rings (SSSR count). The van der Waals surface area contributed by atoms with Gasteiger partial charge in [-0.3, -0.25) is 0 Å². The molecule has 0 radical (unpaired) electrons. The fraction of sp³-hybridized carbons (Fsp3) is 0.0909. The predicted octanol–water partition coefficient (Wildman–Crippen LogP) is 3.24. The SMILES string of the molecule is Nc1ccc(NCc2ccc(Br)s2)c2nonc12. The lowest BCUT2D eigenvalue weighted by Crippen LogP contribution is -1.99. The molecule has 0 saturated carbocycles. The fourth-order valence-corrected chi connectivity index (χ4v) is 3.08. The molecule has 0 unspecified atom stereocenters. The number of benzene rings is 1. The molecule has 0 spiro atoms. The zero-order valence-electron chi connectivity index (χ0n) is 9.18. The maximum atomic E-state index is 5.79. The molecule has 0 aliphatic heterocycles. The Balaban J connectivity index is 1.86. The second-order valence-corrected chi connectivity index (χ2v) is 6.27. The van der Waals surface area contributed by atoms with Crippen LogP contribution in [0, 0.1) is 0 Å². The summed E-state index contributed by atoms with van der Waals surface area (Å²) in [5.41, 5.74) is 8.47. The third-order valence-corrected chi connectivity index (χ3v) is 4.15. The van der Waals surface area contributed by atoms with Gasteiger partial charge < -0.3 is 11.1 Å². The molecule has 0 amide bonds. The van der Waals surface area contributed by atoms with Crippen molar-refractivity contribution >= 4 is 49.7 Å². The summed E-state index contributed by atoms with van der Waals surface area (Å²) >= 11 is 5.13. The molecule has 18 heavy (non-hydrogen) atoms. The van der Waals surface area contributed by atoms with Gasteiger partial charge in [0.25, 0.3) is 0 Å². The number of aromatic nitrogens is 2. The Morgan fingerprint density at radius 1 is 1.22 bits per heavy atom. The predicted molar refractivity (Wildman–Crippen MR) is 75.6 cm³/mol. The lowest BCUT2D eigenvalue weighted by atomic mass is 10.2. The van der Waals surface area contributed by atoms with E-state index in [1.165, 1.54) is 4.88 Å². The van der Waals surface area contributed by atoms with E-state index < -0.39 is 0 Å². The molecule has 7 heteroatoms. The first-order valence-electron chi connectivity index (χ1n) is 5.23. The Labute approximate surface area is 115 Å². The lowest BCUT2D eigenvalue weighted by molar-refractivity contribution is 0.316. The molecule has 0 aliphatic carbocycles. The van der Waals surface area contributed by atoms with E-state index in [-0.39, 0.29) is 0 Å². The molecule has 92 valence electrons. The number of rotatable bonds is 3. The third kappa shape index (κ3) is 2.06. The summed E-state index contributed by atoms with van der Waals surface area (Å²) in [5.74, 6) is 0. The van der Waals surface area contributed by atoms with E-state index in [0.29, 0.717) is 16.7 Å². The average molecular weight is 325 g/mol. The maximum Gasteiger partial charge on any atom is 0.160 e. The van der Waals surface area contributed by atoms with E-state index in [1.54, 1.807) is 17.4 Å². The van der Waals surface area contributed by atoms with Crippen LogP contribution >= 0.6 is 27.3 Å². The van der Waals surface area contributed by atoms with Crippen molar-refractivity contribution in [2.75, 3.05) is 11.1 Å². The minimum atomic E-state index is 0.565. The zero-order chi connectivity index (χ0) is 12.5. The summed E-state index contributed by atoms with van der Waals surface area (Å²) in [6.07, 6.45) is 0. The average Bonchev–Trinajstić information content (AvgIpc) is 2.98. The van der Waals surface area contributed by atoms with Crippen LogP contribution < -0.4 is 11.1 Å². The van der Waals surface area contributed by atoms with Gasteiger partial charge in [0.1, 0.15) is 0 Å². The van der Waals surface area contributed by atoms with E-state index in [4.69, 9.17) is 10.4 Å². The van der Waals surface area contributed by atoms with E-state index in [1.807, 2.05) is 12.1 Å². The summed E-state index contributed by atoms with van der Waals surface area (Å²) in [7, 11) is 0. The van der Waals surface area contributed by atoms with Crippen LogP contribution in [0.15, 0.2) is 32.7 Å². The molecule has 0 saturated heterocycles. The van der Waals surface area contributed by atoms with Gasteiger partial charge in [-0.05, 0) is 50.5 Å². The van der Waals surface area contributed by atoms with Gasteiger partial charge >= 0.3 is 0 Å². The first kappa shape index (κ1) is 11.5. The smallest absolute Gasteiger partial charge is 0.160 e. The standard InChI is InChI=1S/C11H9BrN4OS/c12-9-4-1-6(18-9)5-14-8-3-2-7(13)10-11(8)16-17-15-10/h1-4,14H,5,13H2. The van der Waals surface area contributed by atoms with Gasteiger partial charge in [-0.15, -0.1) is 11.3 Å². The highest BCUT2D eigenvalue weighted by molar-refractivity contribution is 9.11. The molecule has 1 aromatic carbocycles. The Morgan fingerprint density at radius 2 is 2.06 bits per heavy atom. The number of hydrogen-bond donors (Lipinski definition) is 2. The number of hydrogen-bond acceptors (Lipinski definition) is 6. The van der Waals surface area contributed by atoms with Gasteiger partial charge in [-0.1, -0.05) is 0 Å². The highest BCUT2D eigenvalue weighted by Gasteiger charge is 2.09. The highest BCUT2D eigenvalue weighted by atomic mass is 79.9. The van der Waals surface area contributed by atoms with E-state index >= 15 is 0 Å². The number of anilines is 2. The zero-order valence-corrected chi connectivity index (χ0v) is 11.6. The van der Waals surface area contributed by atoms with Crippen LogP contribution in [-0.4, -0.2) is 10.3 Å². The van der Waals surface area contributed by atoms with Crippen LogP contribution in [0.5, 0.6) is 0 Å². The van der Waals surface area contributed by atoms with Crippen LogP contribution in [0.25, 0.3) is 11.0 Å². The van der Waals surface area contributed by atoms with Crippen LogP contribution in [0.4, 0.5) is 11.4 Å². The van der Waals surface area contributed by atoms with Gasteiger partial charge in [0.15, 0.2) is 11.0 Å². The monoisotopic (exact) mass is 324 g/mol. The number of nitrogen functional groups attached to an aromatic ring is 1. The lowest BCUT2D eigenvalue weighted by Gasteiger charge is -2.05. The van der Waals surface area contributed by atoms with Crippen molar-refractivity contribution in [2.24, 2.45) is 0 Å². The normalized spacial score (nSPS) is 10.9. The van der Waals surface area contributed by atoms with Crippen LogP contribution in [-0.2, 0) is 6.54 Å². The summed E-state index contributed by atoms with van der Waals surface area (Å²) in [6.45, 7) is 0.724. The van der Waals surface area contributed by atoms with Crippen LogP contribution in [0.3, 0.4) is 0 Å². The van der Waals surface area contributed by atoms with Gasteiger partial charge in [-0.25, -0.2) is 4.63 Å². The topological polar surface area (TPSA) is 77.0 Å². The molecule has 0 atom stereocenters. The highest BCUT2D eigenvalue weighted by Crippen LogP contribution is 2.27. The quantitative estimate of drug-likeness (QED) is 0.723. The van der Waals surface area contributed by atoms with Crippen molar-refractivity contribution in [3.8, 4) is 0 Å². The van der Waals surface area contributed by atoms with E-state index in [2.05, 4.69) is 37.6 Å². The second kappa shape index (κ2) is 4.58. The number of nitrogens with two attached hydrogens (primary N) is 1. The van der Waals surface area contributed by atoms with Gasteiger partial charge in [-0.2, -0.15) is 0 Å². The van der Waals surface area contributed by atoms with Crippen molar-refractivity contribution < 1.29 is 4.63 Å². The van der Waals surface area contributed by atoms with Gasteiger partial charge in [0.05, 0.1) is 15.2 Å². The van der Waals surface area contributed by atoms with Crippen molar-refractivity contribution in [3.05, 3.63) is 32.9 Å². The van der Waals surface area contributed by atoms with Crippen molar-refractivity contribution in [1.29, 1.82) is 0 Å². The van der Waals surface area contributed by atoms with E-state index in [9.17, 15) is 0 Å². The summed E-state index contributed by atoms with van der Waals surface area (Å²) in [5, 5.41) is 10.9. The summed E-state index contributed by atoms with van der Waals surface area (Å²) in [4.78, 5) is 1.23. The van der Waals surface area contributed by atoms with Crippen molar-refractivity contribution in [3.63, 3.8) is 0 Å². The second-order valence-electron chi connectivity index (χ2n) is 3.72. The number of halogens is 1. The molecule has 2 heterocycles. The maximum absolute atomic E-state index is 5.79. The molecular formula is C11H9BrN4OS. The minimum absolute atomic E-state index is 0.565. The van der Waals surface area contributed by atoms with Gasteiger partial charge in [0.2, 0.25) is 0 Å². The number of fused-ring (bicyclic) bond motifs is 1. The molecule has 3 N–H and O–H groups in total. The number of nitrogens with one attached hydrogen (secondary N) is 1. The molecule has 3 aromatic rings. The Bertz CT molecular complexity index is 693. The van der Waals surface area contributed by atoms with E-state index in [0.717, 1.165) is 16.0 Å². The molecule has 0 bridgehead atoms. The first-order valence-corrected chi connectivity index (χ1v) is 6.84. The molecule has 0 fully saturated rings. The van der Waals surface area contributed by atoms with Crippen molar-refractivity contribution in [1.82, 2.24) is 10.3 Å². The molecule has 2 aromatic heterocycles. The first-order chi connectivity index (χ1) is 8.74. The third-order valence-electron chi connectivity index (χ3n) is 2.53. The van der Waals surface area contributed by atoms with Crippen molar-refractivity contribution in [2.45, 2.75) is 6.54 Å². The molecular weight excluding hydrogens is 316 g/mol. The molecule has 5 nitrogen and oxygen atoms in total. The largest absolute Gasteiger partial charge is 0.397 e. The molecule has 0 aliphatic rings. The Hall–Kier alpha value is -1.60. The Kier molecular flexibility index (Phi) is 2.92. The van der Waals surface area contributed by atoms with Crippen LogP contribution in [0.2, 0.25) is 0 Å². The fourth-order valence-electron chi connectivity index (χ4n) is 1.66. The number of nitrogens with zero attached hydrogens (tertiary/aromatic N) is 2. The van der Waals surface area contributed by atoms with Gasteiger partial charge in [0, 0.05) is 11.4 Å². The Morgan fingerprint density at radius 3 is 2.83 bits per heavy atom. The summed E-state index contributed by atoms with van der Waals surface area (Å²) < 4.78 is 5.83.